The summed E-state index contributed by atoms with van der Waals surface area (Å²) >= 11 is 1.17. The molecule has 0 spiro atoms. The average Bonchev–Trinajstić information content (AvgIpc) is 2.86. The highest BCUT2D eigenvalue weighted by atomic mass is 32.1. The number of likely N-dealkylation sites (tertiary alicyclic amines) is 1. The molecule has 1 atom stereocenters. The second-order valence-corrected chi connectivity index (χ2v) is 6.97. The molecule has 1 aliphatic rings. The van der Waals surface area contributed by atoms with Gasteiger partial charge in [0.15, 0.2) is 10.9 Å². The lowest BCUT2D eigenvalue weighted by atomic mass is 10.0. The molecule has 126 valence electrons. The molecule has 1 aliphatic heterocycles. The third-order valence-corrected chi connectivity index (χ3v) is 5.23. The molecular weight excluding hydrogens is 314 g/mol. The number of rotatable bonds is 5. The average molecular weight is 337 g/mol. The molecule has 23 heavy (non-hydrogen) atoms. The Kier molecular flexibility index (Phi) is 5.87. The van der Waals surface area contributed by atoms with Gasteiger partial charge in [-0.05, 0) is 33.1 Å². The summed E-state index contributed by atoms with van der Waals surface area (Å²) in [6.45, 7) is 6.06. The molecule has 0 aliphatic carbocycles. The van der Waals surface area contributed by atoms with Crippen molar-refractivity contribution in [3.63, 3.8) is 0 Å². The first kappa shape index (κ1) is 17.6. The maximum absolute atomic E-state index is 12.2. The van der Waals surface area contributed by atoms with Gasteiger partial charge in [-0.2, -0.15) is 0 Å². The van der Waals surface area contributed by atoms with Crippen LogP contribution in [0.1, 0.15) is 61.3 Å². The molecule has 7 heteroatoms. The second kappa shape index (κ2) is 7.68. The van der Waals surface area contributed by atoms with Crippen molar-refractivity contribution in [2.24, 2.45) is 0 Å². The Morgan fingerprint density at radius 3 is 2.65 bits per heavy atom. The number of aromatic nitrogens is 1. The number of Topliss-reactive ketones (excluding diaryl/α,β-unsaturated/α-hetero) is 1. The lowest BCUT2D eigenvalue weighted by Gasteiger charge is -2.33. The normalized spacial score (nSPS) is 17.9. The Balaban J connectivity index is 1.84. The zero-order chi connectivity index (χ0) is 17.0. The van der Waals surface area contributed by atoms with Crippen molar-refractivity contribution in [1.29, 1.82) is 0 Å². The van der Waals surface area contributed by atoms with E-state index in [0.29, 0.717) is 15.7 Å². The van der Waals surface area contributed by atoms with Crippen molar-refractivity contribution in [2.45, 2.75) is 58.9 Å². The molecule has 6 nitrogen and oxygen atoms in total. The number of nitrogens with zero attached hydrogens (tertiary/aromatic N) is 2. The molecule has 1 N–H and O–H groups in total. The molecule has 1 fully saturated rings. The Bertz CT molecular complexity index is 612. The smallest absolute Gasteiger partial charge is 0.226 e. The summed E-state index contributed by atoms with van der Waals surface area (Å²) in [5.74, 6) is -0.270. The van der Waals surface area contributed by atoms with Gasteiger partial charge in [-0.3, -0.25) is 14.4 Å². The van der Waals surface area contributed by atoms with Crippen molar-refractivity contribution >= 4 is 34.1 Å². The van der Waals surface area contributed by atoms with Gasteiger partial charge in [-0.15, -0.1) is 0 Å². The molecule has 2 rings (SSSR count). The van der Waals surface area contributed by atoms with Gasteiger partial charge in [0.05, 0.1) is 10.6 Å². The summed E-state index contributed by atoms with van der Waals surface area (Å²) in [5.41, 5.74) is 0.621. The van der Waals surface area contributed by atoms with Gasteiger partial charge < -0.3 is 10.2 Å². The van der Waals surface area contributed by atoms with E-state index in [1.54, 1.807) is 6.92 Å². The third kappa shape index (κ3) is 4.60. The Hall–Kier alpha value is -1.76. The molecule has 0 aromatic carbocycles. The minimum absolute atomic E-state index is 0.0343. The maximum Gasteiger partial charge on any atom is 0.226 e. The summed E-state index contributed by atoms with van der Waals surface area (Å²) in [7, 11) is 0. The molecule has 1 saturated heterocycles. The van der Waals surface area contributed by atoms with Crippen LogP contribution in [-0.2, 0) is 9.59 Å². The van der Waals surface area contributed by atoms with Crippen molar-refractivity contribution in [3.05, 3.63) is 10.6 Å². The fourth-order valence-electron chi connectivity index (χ4n) is 2.79. The van der Waals surface area contributed by atoms with Crippen LogP contribution in [0, 0.1) is 6.92 Å². The quantitative estimate of drug-likeness (QED) is 0.838. The van der Waals surface area contributed by atoms with E-state index in [1.807, 2.05) is 4.90 Å². The van der Waals surface area contributed by atoms with Crippen molar-refractivity contribution < 1.29 is 14.4 Å². The molecule has 2 heterocycles. The van der Waals surface area contributed by atoms with Crippen molar-refractivity contribution in [3.8, 4) is 0 Å². The van der Waals surface area contributed by atoms with E-state index in [1.165, 1.54) is 18.3 Å². The van der Waals surface area contributed by atoms with Crippen LogP contribution in [0.4, 0.5) is 5.13 Å². The zero-order valence-corrected chi connectivity index (χ0v) is 14.7. The Morgan fingerprint density at radius 2 is 2.04 bits per heavy atom. The number of nitrogens with one attached hydrogen (secondary N) is 1. The van der Waals surface area contributed by atoms with Gasteiger partial charge in [0.1, 0.15) is 0 Å². The van der Waals surface area contributed by atoms with Crippen molar-refractivity contribution in [2.75, 3.05) is 11.9 Å². The summed E-state index contributed by atoms with van der Waals surface area (Å²) in [6.07, 6.45) is 3.57. The van der Waals surface area contributed by atoms with E-state index >= 15 is 0 Å². The number of hydrogen-bond acceptors (Lipinski definition) is 5. The van der Waals surface area contributed by atoms with Crippen LogP contribution in [0.2, 0.25) is 0 Å². The van der Waals surface area contributed by atoms with E-state index in [9.17, 15) is 14.4 Å². The SMILES string of the molecule is CC(=O)c1sc(NC(=O)CCC(=O)N2CCCCC2C)nc1C. The summed E-state index contributed by atoms with van der Waals surface area (Å²) in [6, 6.07) is 0.263. The number of ketones is 1. The number of carbonyl (C=O) groups is 3. The topological polar surface area (TPSA) is 79.4 Å². The van der Waals surface area contributed by atoms with Crippen LogP contribution < -0.4 is 5.32 Å². The first-order chi connectivity index (χ1) is 10.9. The highest BCUT2D eigenvalue weighted by molar-refractivity contribution is 7.17. The predicted molar refractivity (Wildman–Crippen MR) is 89.7 cm³/mol. The van der Waals surface area contributed by atoms with E-state index in [4.69, 9.17) is 0 Å². The molecule has 1 aromatic heterocycles. The molecule has 0 radical (unpaired) electrons. The maximum atomic E-state index is 12.2. The third-order valence-electron chi connectivity index (χ3n) is 4.05. The highest BCUT2D eigenvalue weighted by Crippen LogP contribution is 2.23. The van der Waals surface area contributed by atoms with Gasteiger partial charge in [0.2, 0.25) is 11.8 Å². The number of aryl methyl sites for hydroxylation is 1. The van der Waals surface area contributed by atoms with E-state index in [2.05, 4.69) is 17.2 Å². The van der Waals surface area contributed by atoms with Gasteiger partial charge in [0.25, 0.3) is 0 Å². The molecular formula is C16H23N3O3S. The standard InChI is InChI=1S/C16H23N3O3S/c1-10-6-4-5-9-19(10)14(22)8-7-13(21)18-16-17-11(2)15(23-16)12(3)20/h10H,4-9H2,1-3H3,(H,17,18,21). The molecule has 2 amide bonds. The van der Waals surface area contributed by atoms with Crippen LogP contribution in [0.25, 0.3) is 0 Å². The number of amides is 2. The van der Waals surface area contributed by atoms with E-state index < -0.39 is 0 Å². The van der Waals surface area contributed by atoms with Gasteiger partial charge in [-0.25, -0.2) is 4.98 Å². The first-order valence-electron chi connectivity index (χ1n) is 7.96. The number of carbonyl (C=O) groups excluding carboxylic acids is 3. The molecule has 1 aromatic rings. The summed E-state index contributed by atoms with van der Waals surface area (Å²) in [5, 5.41) is 3.09. The summed E-state index contributed by atoms with van der Waals surface area (Å²) < 4.78 is 0. The molecule has 1 unspecified atom stereocenters. The number of hydrogen-bond donors (Lipinski definition) is 1. The number of anilines is 1. The van der Waals surface area contributed by atoms with Crippen LogP contribution in [0.15, 0.2) is 0 Å². The Morgan fingerprint density at radius 1 is 1.30 bits per heavy atom. The summed E-state index contributed by atoms with van der Waals surface area (Å²) in [4.78, 5) is 42.2. The lowest BCUT2D eigenvalue weighted by Crippen LogP contribution is -2.42. The fraction of sp³-hybridized carbons (Fsp3) is 0.625. The van der Waals surface area contributed by atoms with E-state index in [-0.39, 0.29) is 36.5 Å². The minimum atomic E-state index is -0.244. The van der Waals surface area contributed by atoms with Gasteiger partial charge >= 0.3 is 0 Å². The second-order valence-electron chi connectivity index (χ2n) is 5.97. The monoisotopic (exact) mass is 337 g/mol. The number of piperidine rings is 1. The van der Waals surface area contributed by atoms with Crippen LogP contribution in [0.5, 0.6) is 0 Å². The van der Waals surface area contributed by atoms with Crippen LogP contribution in [-0.4, -0.2) is 40.1 Å². The van der Waals surface area contributed by atoms with E-state index in [0.717, 1.165) is 25.8 Å². The van der Waals surface area contributed by atoms with Crippen LogP contribution >= 0.6 is 11.3 Å². The first-order valence-corrected chi connectivity index (χ1v) is 8.78. The predicted octanol–water partition coefficient (Wildman–Crippen LogP) is 2.77. The molecule has 0 bridgehead atoms. The van der Waals surface area contributed by atoms with Crippen LogP contribution in [0.3, 0.4) is 0 Å². The largest absolute Gasteiger partial charge is 0.340 e. The van der Waals surface area contributed by atoms with Gasteiger partial charge in [-0.1, -0.05) is 11.3 Å². The van der Waals surface area contributed by atoms with Crippen molar-refractivity contribution in [1.82, 2.24) is 9.88 Å². The van der Waals surface area contributed by atoms with Gasteiger partial charge in [0, 0.05) is 32.4 Å². The Labute approximate surface area is 140 Å². The number of thiazole rings is 1. The lowest BCUT2D eigenvalue weighted by molar-refractivity contribution is -0.135. The zero-order valence-electron chi connectivity index (χ0n) is 13.8. The fourth-order valence-corrected chi connectivity index (χ4v) is 3.67. The molecule has 0 saturated carbocycles. The minimum Gasteiger partial charge on any atom is -0.340 e. The highest BCUT2D eigenvalue weighted by Gasteiger charge is 2.23.